The molecule has 1 aromatic heterocycles. The summed E-state index contributed by atoms with van der Waals surface area (Å²) in [6, 6.07) is 9.74. The third kappa shape index (κ3) is 2.04. The van der Waals surface area contributed by atoms with Crippen LogP contribution < -0.4 is 4.74 Å². The first-order valence-electron chi connectivity index (χ1n) is 4.88. The summed E-state index contributed by atoms with van der Waals surface area (Å²) in [5, 5.41) is 8.55. The van der Waals surface area contributed by atoms with Gasteiger partial charge in [-0.2, -0.15) is 5.26 Å². The number of hydrogen-bond donors (Lipinski definition) is 1. The Hall–Kier alpha value is -2.28. The fourth-order valence-electron chi connectivity index (χ4n) is 1.46. The van der Waals surface area contributed by atoms with Gasteiger partial charge in [-0.3, -0.25) is 0 Å². The summed E-state index contributed by atoms with van der Waals surface area (Å²) >= 11 is 0. The first-order chi connectivity index (χ1) is 7.83. The lowest BCUT2D eigenvalue weighted by atomic mass is 10.1. The number of nitrogens with one attached hydrogen (secondary N) is 1. The maximum Gasteiger partial charge on any atom is 0.120 e. The molecule has 0 aliphatic heterocycles. The lowest BCUT2D eigenvalue weighted by Crippen LogP contribution is -1.85. The molecule has 0 atom stereocenters. The smallest absolute Gasteiger partial charge is 0.120 e. The van der Waals surface area contributed by atoms with Crippen molar-refractivity contribution >= 4 is 0 Å². The number of benzene rings is 1. The number of hydrogen-bond acceptors (Lipinski definition) is 3. The van der Waals surface area contributed by atoms with Gasteiger partial charge in [0.15, 0.2) is 0 Å². The first-order valence-corrected chi connectivity index (χ1v) is 4.88. The highest BCUT2D eigenvalue weighted by molar-refractivity contribution is 5.60. The third-order valence-corrected chi connectivity index (χ3v) is 2.26. The molecule has 0 bridgehead atoms. The minimum absolute atomic E-state index is 0.296. The molecule has 0 aliphatic rings. The molecule has 0 radical (unpaired) electrons. The molecule has 80 valence electrons. The third-order valence-electron chi connectivity index (χ3n) is 2.26. The van der Waals surface area contributed by atoms with E-state index in [1.807, 2.05) is 24.3 Å². The van der Waals surface area contributed by atoms with Crippen molar-refractivity contribution in [1.29, 1.82) is 5.26 Å². The normalized spacial score (nSPS) is 9.75. The molecule has 4 heteroatoms. The van der Waals surface area contributed by atoms with Crippen LogP contribution in [0.25, 0.3) is 11.3 Å². The van der Waals surface area contributed by atoms with Crippen molar-refractivity contribution in [2.24, 2.45) is 0 Å². The molecule has 0 amide bonds. The molecule has 16 heavy (non-hydrogen) atoms. The zero-order chi connectivity index (χ0) is 11.4. The van der Waals surface area contributed by atoms with E-state index in [0.717, 1.165) is 17.0 Å². The number of ether oxygens (including phenoxy) is 1. The van der Waals surface area contributed by atoms with E-state index in [1.165, 1.54) is 0 Å². The van der Waals surface area contributed by atoms with E-state index in [4.69, 9.17) is 10.00 Å². The SMILES string of the molecule is COc1cccc(-c2cnc(CC#N)[nH]2)c1. The zero-order valence-corrected chi connectivity index (χ0v) is 8.90. The second kappa shape index (κ2) is 4.49. The van der Waals surface area contributed by atoms with Crippen LogP contribution >= 0.6 is 0 Å². The second-order valence-electron chi connectivity index (χ2n) is 3.31. The average Bonchev–Trinajstić information content (AvgIpc) is 2.78. The Morgan fingerprint density at radius 3 is 3.12 bits per heavy atom. The monoisotopic (exact) mass is 213 g/mol. The molecule has 1 heterocycles. The van der Waals surface area contributed by atoms with Crippen molar-refractivity contribution in [3.05, 3.63) is 36.3 Å². The molecule has 4 nitrogen and oxygen atoms in total. The van der Waals surface area contributed by atoms with Gasteiger partial charge >= 0.3 is 0 Å². The molecule has 0 aliphatic carbocycles. The quantitative estimate of drug-likeness (QED) is 0.849. The highest BCUT2D eigenvalue weighted by atomic mass is 16.5. The summed E-state index contributed by atoms with van der Waals surface area (Å²) in [6.45, 7) is 0. The average molecular weight is 213 g/mol. The number of rotatable bonds is 3. The van der Waals surface area contributed by atoms with E-state index in [-0.39, 0.29) is 0 Å². The number of nitrogens with zero attached hydrogens (tertiary/aromatic N) is 2. The van der Waals surface area contributed by atoms with Gasteiger partial charge in [0, 0.05) is 5.56 Å². The largest absolute Gasteiger partial charge is 0.497 e. The fourth-order valence-corrected chi connectivity index (χ4v) is 1.46. The van der Waals surface area contributed by atoms with Crippen LogP contribution in [-0.2, 0) is 6.42 Å². The number of H-pyrrole nitrogens is 1. The van der Waals surface area contributed by atoms with Gasteiger partial charge in [0.1, 0.15) is 11.6 Å². The molecule has 0 saturated carbocycles. The molecule has 0 saturated heterocycles. The number of methoxy groups -OCH3 is 1. The van der Waals surface area contributed by atoms with Gasteiger partial charge in [0.05, 0.1) is 31.5 Å². The van der Waals surface area contributed by atoms with Crippen molar-refractivity contribution in [2.45, 2.75) is 6.42 Å². The van der Waals surface area contributed by atoms with E-state index < -0.39 is 0 Å². The van der Waals surface area contributed by atoms with Crippen LogP contribution in [0.3, 0.4) is 0 Å². The molecule has 0 unspecified atom stereocenters. The lowest BCUT2D eigenvalue weighted by molar-refractivity contribution is 0.415. The Morgan fingerprint density at radius 2 is 2.38 bits per heavy atom. The molecule has 0 spiro atoms. The molecule has 1 aromatic carbocycles. The van der Waals surface area contributed by atoms with E-state index in [9.17, 15) is 0 Å². The van der Waals surface area contributed by atoms with Crippen LogP contribution in [0.4, 0.5) is 0 Å². The Bertz CT molecular complexity index is 525. The molecule has 0 fully saturated rings. The predicted molar refractivity (Wildman–Crippen MR) is 59.9 cm³/mol. The molecular weight excluding hydrogens is 202 g/mol. The maximum atomic E-state index is 8.55. The van der Waals surface area contributed by atoms with Crippen molar-refractivity contribution in [3.8, 4) is 23.1 Å². The van der Waals surface area contributed by atoms with Gasteiger partial charge in [-0.25, -0.2) is 4.98 Å². The molecule has 2 aromatic rings. The highest BCUT2D eigenvalue weighted by Crippen LogP contribution is 2.21. The van der Waals surface area contributed by atoms with E-state index in [0.29, 0.717) is 12.2 Å². The number of aromatic amines is 1. The lowest BCUT2D eigenvalue weighted by Gasteiger charge is -2.01. The van der Waals surface area contributed by atoms with E-state index >= 15 is 0 Å². The van der Waals surface area contributed by atoms with Crippen molar-refractivity contribution in [1.82, 2.24) is 9.97 Å². The summed E-state index contributed by atoms with van der Waals surface area (Å²) in [5.41, 5.74) is 1.89. The number of imidazole rings is 1. The van der Waals surface area contributed by atoms with E-state index in [2.05, 4.69) is 16.0 Å². The summed E-state index contributed by atoms with van der Waals surface area (Å²) in [7, 11) is 1.63. The van der Waals surface area contributed by atoms with Crippen LogP contribution in [0.2, 0.25) is 0 Å². The number of aromatic nitrogens is 2. The van der Waals surface area contributed by atoms with Crippen molar-refractivity contribution in [2.75, 3.05) is 7.11 Å². The van der Waals surface area contributed by atoms with Crippen molar-refractivity contribution in [3.63, 3.8) is 0 Å². The Labute approximate surface area is 93.5 Å². The molecule has 1 N–H and O–H groups in total. The van der Waals surface area contributed by atoms with Crippen LogP contribution in [0.1, 0.15) is 5.82 Å². The minimum atomic E-state index is 0.296. The maximum absolute atomic E-state index is 8.55. The minimum Gasteiger partial charge on any atom is -0.497 e. The standard InChI is InChI=1S/C12H11N3O/c1-16-10-4-2-3-9(7-10)11-8-14-12(15-11)5-6-13/h2-4,7-8H,5H2,1H3,(H,14,15). The summed E-state index contributed by atoms with van der Waals surface area (Å²) in [4.78, 5) is 7.21. The first kappa shape index (κ1) is 10.2. The Balaban J connectivity index is 2.31. The molecular formula is C12H11N3O. The Kier molecular flexibility index (Phi) is 2.88. The summed E-state index contributed by atoms with van der Waals surface area (Å²) in [6.07, 6.45) is 2.02. The number of nitriles is 1. The second-order valence-corrected chi connectivity index (χ2v) is 3.31. The predicted octanol–water partition coefficient (Wildman–Crippen LogP) is 2.15. The van der Waals surface area contributed by atoms with Gasteiger partial charge in [0.2, 0.25) is 0 Å². The van der Waals surface area contributed by atoms with E-state index in [1.54, 1.807) is 13.3 Å². The van der Waals surface area contributed by atoms with Crippen LogP contribution in [0, 0.1) is 11.3 Å². The van der Waals surface area contributed by atoms with Crippen LogP contribution in [0.15, 0.2) is 30.5 Å². The van der Waals surface area contributed by atoms with Gasteiger partial charge in [0.25, 0.3) is 0 Å². The van der Waals surface area contributed by atoms with Crippen molar-refractivity contribution < 1.29 is 4.74 Å². The highest BCUT2D eigenvalue weighted by Gasteiger charge is 2.03. The topological polar surface area (TPSA) is 61.7 Å². The summed E-state index contributed by atoms with van der Waals surface area (Å²) in [5.74, 6) is 1.48. The zero-order valence-electron chi connectivity index (χ0n) is 8.90. The van der Waals surface area contributed by atoms with Gasteiger partial charge < -0.3 is 9.72 Å². The fraction of sp³-hybridized carbons (Fsp3) is 0.167. The summed E-state index contributed by atoms with van der Waals surface area (Å²) < 4.78 is 5.14. The van der Waals surface area contributed by atoms with Gasteiger partial charge in [-0.1, -0.05) is 12.1 Å². The van der Waals surface area contributed by atoms with Crippen LogP contribution in [-0.4, -0.2) is 17.1 Å². The van der Waals surface area contributed by atoms with Gasteiger partial charge in [-0.05, 0) is 12.1 Å². The molecule has 2 rings (SSSR count). The van der Waals surface area contributed by atoms with Gasteiger partial charge in [-0.15, -0.1) is 0 Å². The Morgan fingerprint density at radius 1 is 1.50 bits per heavy atom. The van der Waals surface area contributed by atoms with Crippen LogP contribution in [0.5, 0.6) is 5.75 Å².